The van der Waals surface area contributed by atoms with E-state index in [2.05, 4.69) is 15.2 Å². The van der Waals surface area contributed by atoms with Crippen molar-refractivity contribution in [2.45, 2.75) is 64.9 Å². The van der Waals surface area contributed by atoms with E-state index in [9.17, 15) is 4.79 Å². The van der Waals surface area contributed by atoms with Crippen molar-refractivity contribution < 1.29 is 9.53 Å². The summed E-state index contributed by atoms with van der Waals surface area (Å²) < 4.78 is 5.54. The second-order valence-electron chi connectivity index (χ2n) is 9.57. The summed E-state index contributed by atoms with van der Waals surface area (Å²) >= 11 is 0. The van der Waals surface area contributed by atoms with Gasteiger partial charge in [-0.3, -0.25) is 4.99 Å². The number of carbonyl (C=O) groups excluding carboxylic acids is 1. The molecule has 0 aromatic rings. The van der Waals surface area contributed by atoms with Crippen molar-refractivity contribution in [1.82, 2.24) is 15.1 Å². The van der Waals surface area contributed by atoms with Gasteiger partial charge in [-0.05, 0) is 64.2 Å². The van der Waals surface area contributed by atoms with Crippen LogP contribution in [0.25, 0.3) is 0 Å². The molecular formula is C21H39IN4O2. The van der Waals surface area contributed by atoms with Crippen molar-refractivity contribution in [3.63, 3.8) is 0 Å². The van der Waals surface area contributed by atoms with Gasteiger partial charge >= 0.3 is 6.09 Å². The minimum Gasteiger partial charge on any atom is -0.444 e. The van der Waals surface area contributed by atoms with E-state index in [0.29, 0.717) is 5.92 Å². The Morgan fingerprint density at radius 3 is 2.25 bits per heavy atom. The highest BCUT2D eigenvalue weighted by Crippen LogP contribution is 2.36. The molecule has 1 N–H and O–H groups in total. The quantitative estimate of drug-likeness (QED) is 0.350. The molecule has 3 fully saturated rings. The first-order valence-electron chi connectivity index (χ1n) is 10.8. The number of nitrogens with zero attached hydrogens (tertiary/aromatic N) is 3. The molecule has 28 heavy (non-hydrogen) atoms. The smallest absolute Gasteiger partial charge is 0.410 e. The van der Waals surface area contributed by atoms with Gasteiger partial charge in [0.25, 0.3) is 0 Å². The highest BCUT2D eigenvalue weighted by Gasteiger charge is 2.36. The molecule has 0 aromatic carbocycles. The van der Waals surface area contributed by atoms with Gasteiger partial charge in [-0.25, -0.2) is 4.79 Å². The maximum absolute atomic E-state index is 12.4. The Hall–Kier alpha value is -0.730. The van der Waals surface area contributed by atoms with Crippen LogP contribution in [0.2, 0.25) is 0 Å². The third-order valence-corrected chi connectivity index (χ3v) is 6.21. The molecule has 3 atom stereocenters. The summed E-state index contributed by atoms with van der Waals surface area (Å²) in [7, 11) is 1.89. The van der Waals surface area contributed by atoms with Gasteiger partial charge in [0.15, 0.2) is 5.96 Å². The molecule has 6 nitrogen and oxygen atoms in total. The van der Waals surface area contributed by atoms with Crippen molar-refractivity contribution in [3.8, 4) is 0 Å². The van der Waals surface area contributed by atoms with Gasteiger partial charge in [0.05, 0.1) is 0 Å². The van der Waals surface area contributed by atoms with Crippen LogP contribution in [0, 0.1) is 17.8 Å². The largest absolute Gasteiger partial charge is 0.444 e. The molecule has 162 valence electrons. The van der Waals surface area contributed by atoms with Crippen LogP contribution >= 0.6 is 24.0 Å². The van der Waals surface area contributed by atoms with Gasteiger partial charge < -0.3 is 19.9 Å². The number of piperidine rings is 1. The topological polar surface area (TPSA) is 57.2 Å². The van der Waals surface area contributed by atoms with Gasteiger partial charge in [0.1, 0.15) is 5.60 Å². The second kappa shape index (κ2) is 10.3. The zero-order valence-electron chi connectivity index (χ0n) is 18.1. The lowest BCUT2D eigenvalue weighted by Crippen LogP contribution is -2.47. The number of halogens is 1. The van der Waals surface area contributed by atoms with Crippen LogP contribution in [-0.2, 0) is 4.74 Å². The summed E-state index contributed by atoms with van der Waals surface area (Å²) in [6.45, 7) is 10.5. The van der Waals surface area contributed by atoms with Crippen molar-refractivity contribution in [3.05, 3.63) is 0 Å². The number of carbonyl (C=O) groups is 1. The predicted octanol–water partition coefficient (Wildman–Crippen LogP) is 3.95. The van der Waals surface area contributed by atoms with Gasteiger partial charge in [-0.15, -0.1) is 24.0 Å². The number of fused-ring (bicyclic) bond motifs is 1. The van der Waals surface area contributed by atoms with Gasteiger partial charge in [0.2, 0.25) is 0 Å². The zero-order valence-corrected chi connectivity index (χ0v) is 20.4. The number of nitrogens with one attached hydrogen (secondary N) is 1. The van der Waals surface area contributed by atoms with Crippen LogP contribution in [0.5, 0.6) is 0 Å². The molecule has 3 rings (SSSR count). The minimum atomic E-state index is -0.434. The molecule has 3 aliphatic rings. The summed E-state index contributed by atoms with van der Waals surface area (Å²) in [6.07, 6.45) is 7.55. The summed E-state index contributed by atoms with van der Waals surface area (Å²) in [4.78, 5) is 21.2. The number of hydrogen-bond donors (Lipinski definition) is 1. The van der Waals surface area contributed by atoms with Gasteiger partial charge in [0, 0.05) is 39.8 Å². The zero-order chi connectivity index (χ0) is 19.4. The maximum Gasteiger partial charge on any atom is 0.410 e. The molecule has 3 unspecified atom stereocenters. The fraction of sp³-hybridized carbons (Fsp3) is 0.905. The molecule has 1 amide bonds. The van der Waals surface area contributed by atoms with E-state index >= 15 is 0 Å². The highest BCUT2D eigenvalue weighted by atomic mass is 127. The number of guanidine groups is 1. The third-order valence-electron chi connectivity index (χ3n) is 6.21. The SMILES string of the molecule is CN=C(NCC1CCCN(C(=O)OC(C)(C)C)C1)N1CC2CCCCC2C1.I. The Morgan fingerprint density at radius 1 is 1.04 bits per heavy atom. The first-order chi connectivity index (χ1) is 12.9. The Labute approximate surface area is 187 Å². The molecular weight excluding hydrogens is 467 g/mol. The molecule has 0 bridgehead atoms. The van der Waals surface area contributed by atoms with Crippen LogP contribution in [0.3, 0.4) is 0 Å². The number of aliphatic imine (C=N–C) groups is 1. The fourth-order valence-electron chi connectivity index (χ4n) is 4.87. The van der Waals surface area contributed by atoms with E-state index in [1.54, 1.807) is 0 Å². The Morgan fingerprint density at radius 2 is 1.68 bits per heavy atom. The average Bonchev–Trinajstić information content (AvgIpc) is 3.05. The molecule has 0 spiro atoms. The van der Waals surface area contributed by atoms with Crippen LogP contribution in [0.15, 0.2) is 4.99 Å². The summed E-state index contributed by atoms with van der Waals surface area (Å²) in [6, 6.07) is 0. The van der Waals surface area contributed by atoms with E-state index in [1.165, 1.54) is 25.7 Å². The monoisotopic (exact) mass is 506 g/mol. The third kappa shape index (κ3) is 6.39. The lowest BCUT2D eigenvalue weighted by molar-refractivity contribution is 0.0168. The Bertz CT molecular complexity index is 535. The normalized spacial score (nSPS) is 28.4. The standard InChI is InChI=1S/C21H38N4O2.HI/c1-21(2,3)27-20(26)24-11-7-8-16(13-24)12-23-19(22-4)25-14-17-9-5-6-10-18(17)15-25;/h16-18H,5-15H2,1-4H3,(H,22,23);1H. The van der Waals surface area contributed by atoms with Crippen LogP contribution < -0.4 is 5.32 Å². The van der Waals surface area contributed by atoms with E-state index in [4.69, 9.17) is 4.74 Å². The van der Waals surface area contributed by atoms with Gasteiger partial charge in [-0.2, -0.15) is 0 Å². The molecule has 7 heteroatoms. The second-order valence-corrected chi connectivity index (χ2v) is 9.57. The van der Waals surface area contributed by atoms with Crippen molar-refractivity contribution >= 4 is 36.0 Å². The summed E-state index contributed by atoms with van der Waals surface area (Å²) in [5, 5.41) is 3.60. The summed E-state index contributed by atoms with van der Waals surface area (Å²) in [5.41, 5.74) is -0.434. The first-order valence-corrected chi connectivity index (χ1v) is 10.8. The lowest BCUT2D eigenvalue weighted by Gasteiger charge is -2.34. The van der Waals surface area contributed by atoms with Crippen molar-refractivity contribution in [2.24, 2.45) is 22.7 Å². The molecule has 2 heterocycles. The van der Waals surface area contributed by atoms with Crippen molar-refractivity contribution in [1.29, 1.82) is 0 Å². The van der Waals surface area contributed by atoms with E-state index in [1.807, 2.05) is 32.7 Å². The van der Waals surface area contributed by atoms with E-state index < -0.39 is 5.60 Å². The number of hydrogen-bond acceptors (Lipinski definition) is 3. The van der Waals surface area contributed by atoms with Crippen LogP contribution in [0.4, 0.5) is 4.79 Å². The Balaban J connectivity index is 0.00000280. The minimum absolute atomic E-state index is 0. The summed E-state index contributed by atoms with van der Waals surface area (Å²) in [5.74, 6) is 3.20. The molecule has 0 radical (unpaired) electrons. The predicted molar refractivity (Wildman–Crippen MR) is 124 cm³/mol. The molecule has 1 aliphatic carbocycles. The number of amides is 1. The average molecular weight is 506 g/mol. The first kappa shape index (κ1) is 23.5. The number of ether oxygens (including phenoxy) is 1. The van der Waals surface area contributed by atoms with Gasteiger partial charge in [-0.1, -0.05) is 12.8 Å². The molecule has 1 saturated carbocycles. The van der Waals surface area contributed by atoms with E-state index in [-0.39, 0.29) is 30.1 Å². The lowest BCUT2D eigenvalue weighted by atomic mass is 9.82. The highest BCUT2D eigenvalue weighted by molar-refractivity contribution is 14.0. The Kier molecular flexibility index (Phi) is 8.70. The van der Waals surface area contributed by atoms with E-state index in [0.717, 1.165) is 63.4 Å². The number of rotatable bonds is 2. The molecule has 2 saturated heterocycles. The van der Waals surface area contributed by atoms with Crippen LogP contribution in [0.1, 0.15) is 59.3 Å². The molecule has 2 aliphatic heterocycles. The van der Waals surface area contributed by atoms with Crippen molar-refractivity contribution in [2.75, 3.05) is 39.8 Å². The maximum atomic E-state index is 12.4. The molecule has 0 aromatic heterocycles. The number of likely N-dealkylation sites (tertiary alicyclic amines) is 2. The fourth-order valence-corrected chi connectivity index (χ4v) is 4.87. The van der Waals surface area contributed by atoms with Crippen LogP contribution in [-0.4, -0.2) is 67.2 Å².